The molecule has 5 nitrogen and oxygen atoms in total. The first-order chi connectivity index (χ1) is 12.2. The number of fused-ring (bicyclic) bond motifs is 1. The van der Waals surface area contributed by atoms with Crippen molar-refractivity contribution in [2.24, 2.45) is 0 Å². The topological polar surface area (TPSA) is 59.4 Å². The Kier molecular flexibility index (Phi) is 4.01. The second kappa shape index (κ2) is 6.33. The summed E-state index contributed by atoms with van der Waals surface area (Å²) >= 11 is 5.84. The van der Waals surface area contributed by atoms with Crippen molar-refractivity contribution in [1.82, 2.24) is 24.7 Å². The van der Waals surface area contributed by atoms with Crippen LogP contribution in [0.2, 0.25) is 0 Å². The number of hydrogen-bond acceptors (Lipinski definition) is 3. The number of aromatic amines is 1. The van der Waals surface area contributed by atoms with E-state index < -0.39 is 0 Å². The van der Waals surface area contributed by atoms with Gasteiger partial charge < -0.3 is 0 Å². The SMILES string of the molecule is Cc1cc(C)c2nc(-c3cc[nH]n3)n(-c3ccc(CCCl)cc3)c2n1. The van der Waals surface area contributed by atoms with Gasteiger partial charge in [0.15, 0.2) is 11.5 Å². The zero-order valence-corrected chi connectivity index (χ0v) is 14.9. The summed E-state index contributed by atoms with van der Waals surface area (Å²) < 4.78 is 2.07. The molecule has 0 radical (unpaired) electrons. The minimum absolute atomic E-state index is 0.617. The Balaban J connectivity index is 1.98. The maximum atomic E-state index is 5.84. The molecular weight excluding hydrogens is 334 g/mol. The van der Waals surface area contributed by atoms with Gasteiger partial charge in [-0.1, -0.05) is 12.1 Å². The van der Waals surface area contributed by atoms with Gasteiger partial charge >= 0.3 is 0 Å². The zero-order chi connectivity index (χ0) is 17.4. The molecule has 0 aliphatic carbocycles. The lowest BCUT2D eigenvalue weighted by atomic mass is 10.1. The van der Waals surface area contributed by atoms with E-state index in [1.165, 1.54) is 5.56 Å². The quantitative estimate of drug-likeness (QED) is 0.560. The van der Waals surface area contributed by atoms with E-state index in [0.717, 1.165) is 46.0 Å². The maximum Gasteiger partial charge on any atom is 0.167 e. The van der Waals surface area contributed by atoms with E-state index in [9.17, 15) is 0 Å². The maximum absolute atomic E-state index is 5.84. The molecule has 126 valence electrons. The number of nitrogens with zero attached hydrogens (tertiary/aromatic N) is 4. The van der Waals surface area contributed by atoms with Crippen molar-refractivity contribution >= 4 is 22.8 Å². The van der Waals surface area contributed by atoms with Crippen LogP contribution in [0.4, 0.5) is 0 Å². The Labute approximate surface area is 150 Å². The number of nitrogens with one attached hydrogen (secondary N) is 1. The average molecular weight is 352 g/mol. The molecule has 1 aromatic carbocycles. The van der Waals surface area contributed by atoms with Crippen LogP contribution in [0.3, 0.4) is 0 Å². The van der Waals surface area contributed by atoms with Crippen molar-refractivity contribution in [3.63, 3.8) is 0 Å². The van der Waals surface area contributed by atoms with Gasteiger partial charge in [0.05, 0.1) is 0 Å². The number of aryl methyl sites for hydroxylation is 3. The number of pyridine rings is 1. The molecule has 3 aromatic heterocycles. The molecule has 0 aliphatic rings. The number of alkyl halides is 1. The highest BCUT2D eigenvalue weighted by molar-refractivity contribution is 6.17. The number of H-pyrrole nitrogens is 1. The molecule has 1 N–H and O–H groups in total. The predicted octanol–water partition coefficient (Wildman–Crippen LogP) is 4.21. The normalized spacial score (nSPS) is 11.3. The van der Waals surface area contributed by atoms with Crippen molar-refractivity contribution in [3.05, 3.63) is 59.4 Å². The van der Waals surface area contributed by atoms with Crippen molar-refractivity contribution in [2.75, 3.05) is 5.88 Å². The fourth-order valence-electron chi connectivity index (χ4n) is 3.08. The van der Waals surface area contributed by atoms with Crippen molar-refractivity contribution in [2.45, 2.75) is 20.3 Å². The van der Waals surface area contributed by atoms with Crippen molar-refractivity contribution in [1.29, 1.82) is 0 Å². The molecule has 0 unspecified atom stereocenters. The molecule has 0 amide bonds. The molecule has 25 heavy (non-hydrogen) atoms. The summed E-state index contributed by atoms with van der Waals surface area (Å²) in [6, 6.07) is 12.3. The molecule has 0 spiro atoms. The Morgan fingerprint density at radius 3 is 2.56 bits per heavy atom. The van der Waals surface area contributed by atoms with E-state index in [-0.39, 0.29) is 0 Å². The first-order valence-corrected chi connectivity index (χ1v) is 8.73. The minimum Gasteiger partial charge on any atom is -0.285 e. The molecule has 0 bridgehead atoms. The van der Waals surface area contributed by atoms with E-state index in [4.69, 9.17) is 21.6 Å². The Hall–Kier alpha value is -2.66. The molecule has 3 heterocycles. The molecule has 0 aliphatic heterocycles. The van der Waals surface area contributed by atoms with Crippen LogP contribution in [0, 0.1) is 13.8 Å². The summed E-state index contributed by atoms with van der Waals surface area (Å²) in [5.41, 5.74) is 6.84. The minimum atomic E-state index is 0.617. The van der Waals surface area contributed by atoms with Crippen LogP contribution in [-0.2, 0) is 6.42 Å². The average Bonchev–Trinajstić information content (AvgIpc) is 3.23. The molecule has 4 aromatic rings. The van der Waals surface area contributed by atoms with E-state index >= 15 is 0 Å². The summed E-state index contributed by atoms with van der Waals surface area (Å²) in [4.78, 5) is 9.57. The fourth-order valence-corrected chi connectivity index (χ4v) is 3.30. The van der Waals surface area contributed by atoms with Gasteiger partial charge in [0.1, 0.15) is 11.2 Å². The van der Waals surface area contributed by atoms with E-state index in [2.05, 4.69) is 52.0 Å². The highest BCUT2D eigenvalue weighted by atomic mass is 35.5. The molecule has 0 atom stereocenters. The smallest absolute Gasteiger partial charge is 0.167 e. The fraction of sp³-hybridized carbons (Fsp3) is 0.211. The van der Waals surface area contributed by atoms with Crippen molar-refractivity contribution < 1.29 is 0 Å². The van der Waals surface area contributed by atoms with Crippen LogP contribution in [-0.4, -0.2) is 30.6 Å². The van der Waals surface area contributed by atoms with Crippen LogP contribution in [0.25, 0.3) is 28.4 Å². The molecule has 0 saturated heterocycles. The lowest BCUT2D eigenvalue weighted by Crippen LogP contribution is -2.00. The van der Waals surface area contributed by atoms with Gasteiger partial charge in [0, 0.05) is 23.5 Å². The molecule has 0 fully saturated rings. The van der Waals surface area contributed by atoms with Crippen LogP contribution >= 0.6 is 11.6 Å². The summed E-state index contributed by atoms with van der Waals surface area (Å²) in [7, 11) is 0. The Bertz CT molecular complexity index is 1020. The van der Waals surface area contributed by atoms with Gasteiger partial charge in [-0.15, -0.1) is 11.6 Å². The first kappa shape index (κ1) is 15.8. The lowest BCUT2D eigenvalue weighted by molar-refractivity contribution is 1.02. The second-order valence-corrected chi connectivity index (χ2v) is 6.47. The van der Waals surface area contributed by atoms with Crippen molar-refractivity contribution in [3.8, 4) is 17.2 Å². The van der Waals surface area contributed by atoms with E-state index in [0.29, 0.717) is 5.88 Å². The van der Waals surface area contributed by atoms with Crippen LogP contribution in [0.15, 0.2) is 42.6 Å². The third kappa shape index (κ3) is 2.81. The monoisotopic (exact) mass is 351 g/mol. The molecule has 0 saturated carbocycles. The first-order valence-electron chi connectivity index (χ1n) is 8.19. The van der Waals surface area contributed by atoms with Gasteiger partial charge in [0.25, 0.3) is 0 Å². The predicted molar refractivity (Wildman–Crippen MR) is 100 cm³/mol. The van der Waals surface area contributed by atoms with Crippen LogP contribution in [0.1, 0.15) is 16.8 Å². The summed E-state index contributed by atoms with van der Waals surface area (Å²) in [6.45, 7) is 4.06. The summed E-state index contributed by atoms with van der Waals surface area (Å²) in [6.07, 6.45) is 2.66. The zero-order valence-electron chi connectivity index (χ0n) is 14.1. The molecule has 4 rings (SSSR count). The standard InChI is InChI=1S/C19H18ClN5/c1-12-11-13(2)22-19-17(12)23-18(16-8-10-21-24-16)25(19)15-5-3-14(4-6-15)7-9-20/h3-6,8,10-11H,7,9H2,1-2H3,(H,21,24). The molecule has 6 heteroatoms. The number of benzene rings is 1. The van der Waals surface area contributed by atoms with Crippen LogP contribution in [0.5, 0.6) is 0 Å². The van der Waals surface area contributed by atoms with Gasteiger partial charge in [-0.05, 0) is 55.7 Å². The number of hydrogen-bond donors (Lipinski definition) is 1. The molecular formula is C19H18ClN5. The number of rotatable bonds is 4. The number of imidazole rings is 1. The largest absolute Gasteiger partial charge is 0.285 e. The Morgan fingerprint density at radius 2 is 1.88 bits per heavy atom. The van der Waals surface area contributed by atoms with Crippen LogP contribution < -0.4 is 0 Å². The second-order valence-electron chi connectivity index (χ2n) is 6.09. The summed E-state index contributed by atoms with van der Waals surface area (Å²) in [5, 5.41) is 7.18. The third-order valence-corrected chi connectivity index (χ3v) is 4.43. The van der Waals surface area contributed by atoms with E-state index in [1.807, 2.05) is 13.0 Å². The van der Waals surface area contributed by atoms with Gasteiger partial charge in [-0.25, -0.2) is 9.97 Å². The Morgan fingerprint density at radius 1 is 1.08 bits per heavy atom. The lowest BCUT2D eigenvalue weighted by Gasteiger charge is -2.09. The van der Waals surface area contributed by atoms with Gasteiger partial charge in [0.2, 0.25) is 0 Å². The highest BCUT2D eigenvalue weighted by Gasteiger charge is 2.18. The number of halogens is 1. The third-order valence-electron chi connectivity index (χ3n) is 4.24. The number of aromatic nitrogens is 5. The summed E-state index contributed by atoms with van der Waals surface area (Å²) in [5.74, 6) is 1.40. The highest BCUT2D eigenvalue weighted by Crippen LogP contribution is 2.28. The van der Waals surface area contributed by atoms with Gasteiger partial charge in [-0.2, -0.15) is 5.10 Å². The van der Waals surface area contributed by atoms with E-state index in [1.54, 1.807) is 6.20 Å². The van der Waals surface area contributed by atoms with Gasteiger partial charge in [-0.3, -0.25) is 9.67 Å².